The Morgan fingerprint density at radius 3 is 3.00 bits per heavy atom. The second-order valence-electron chi connectivity index (χ2n) is 4.48. The third kappa shape index (κ3) is 2.58. The summed E-state index contributed by atoms with van der Waals surface area (Å²) in [5.41, 5.74) is -0.312. The zero-order valence-electron chi connectivity index (χ0n) is 10.3. The molecule has 0 N–H and O–H groups in total. The van der Waals surface area contributed by atoms with E-state index in [1.165, 1.54) is 0 Å². The second kappa shape index (κ2) is 4.87. The van der Waals surface area contributed by atoms with Gasteiger partial charge in [-0.15, -0.1) is 0 Å². The summed E-state index contributed by atoms with van der Waals surface area (Å²) in [6.45, 7) is -0.135. The summed E-state index contributed by atoms with van der Waals surface area (Å²) in [5.74, 6) is 0.398. The van der Waals surface area contributed by atoms with Gasteiger partial charge in [-0.1, -0.05) is 5.16 Å². The van der Waals surface area contributed by atoms with E-state index in [2.05, 4.69) is 10.1 Å². The van der Waals surface area contributed by atoms with Crippen LogP contribution in [-0.2, 0) is 6.61 Å². The molecular formula is C12H10FN3O4. The molecule has 8 heteroatoms. The third-order valence-electron chi connectivity index (χ3n) is 2.90. The molecule has 3 rings (SSSR count). The van der Waals surface area contributed by atoms with E-state index in [0.717, 1.165) is 31.0 Å². The quantitative estimate of drug-likeness (QED) is 0.617. The summed E-state index contributed by atoms with van der Waals surface area (Å²) in [4.78, 5) is 14.3. The Morgan fingerprint density at radius 2 is 2.30 bits per heavy atom. The molecular weight excluding hydrogens is 269 g/mol. The average Bonchev–Trinajstić information content (AvgIpc) is 3.15. The van der Waals surface area contributed by atoms with E-state index in [1.807, 2.05) is 0 Å². The van der Waals surface area contributed by atoms with Crippen molar-refractivity contribution in [1.82, 2.24) is 10.1 Å². The van der Waals surface area contributed by atoms with Gasteiger partial charge in [-0.05, 0) is 18.9 Å². The van der Waals surface area contributed by atoms with Crippen molar-refractivity contribution < 1.29 is 18.6 Å². The fourth-order valence-corrected chi connectivity index (χ4v) is 1.73. The lowest BCUT2D eigenvalue weighted by Crippen LogP contribution is -2.00. The standard InChI is InChI=1S/C12H10FN3O4/c13-8-3-4-9(16(17)18)10(5-8)19-6-11-14-12(15-20-11)7-1-2-7/h3-5,7H,1-2,6H2. The maximum atomic E-state index is 13.1. The van der Waals surface area contributed by atoms with Crippen molar-refractivity contribution in [1.29, 1.82) is 0 Å². The Balaban J connectivity index is 1.73. The number of rotatable bonds is 5. The van der Waals surface area contributed by atoms with E-state index in [-0.39, 0.29) is 23.9 Å². The van der Waals surface area contributed by atoms with Crippen molar-refractivity contribution in [3.63, 3.8) is 0 Å². The molecule has 1 heterocycles. The van der Waals surface area contributed by atoms with Crippen LogP contribution in [-0.4, -0.2) is 15.1 Å². The topological polar surface area (TPSA) is 91.3 Å². The molecule has 2 aromatic rings. The minimum atomic E-state index is -0.641. The highest BCUT2D eigenvalue weighted by molar-refractivity contribution is 5.46. The molecule has 1 aromatic heterocycles. The summed E-state index contributed by atoms with van der Waals surface area (Å²) >= 11 is 0. The van der Waals surface area contributed by atoms with Crippen LogP contribution < -0.4 is 4.74 Å². The minimum absolute atomic E-state index is 0.135. The number of ether oxygens (including phenoxy) is 1. The van der Waals surface area contributed by atoms with E-state index in [9.17, 15) is 14.5 Å². The monoisotopic (exact) mass is 279 g/mol. The molecule has 0 unspecified atom stereocenters. The zero-order valence-corrected chi connectivity index (χ0v) is 10.3. The normalized spacial score (nSPS) is 14.2. The Bertz CT molecular complexity index is 654. The number of halogens is 1. The average molecular weight is 279 g/mol. The minimum Gasteiger partial charge on any atom is -0.477 e. The van der Waals surface area contributed by atoms with Gasteiger partial charge in [0.2, 0.25) is 5.75 Å². The van der Waals surface area contributed by atoms with E-state index >= 15 is 0 Å². The van der Waals surface area contributed by atoms with Gasteiger partial charge in [0.15, 0.2) is 12.4 Å². The van der Waals surface area contributed by atoms with Crippen molar-refractivity contribution in [2.75, 3.05) is 0 Å². The summed E-state index contributed by atoms with van der Waals surface area (Å²) in [7, 11) is 0. The molecule has 20 heavy (non-hydrogen) atoms. The number of nitro groups is 1. The van der Waals surface area contributed by atoms with Crippen molar-refractivity contribution in [3.8, 4) is 5.75 Å². The van der Waals surface area contributed by atoms with Gasteiger partial charge in [-0.2, -0.15) is 4.98 Å². The molecule has 7 nitrogen and oxygen atoms in total. The van der Waals surface area contributed by atoms with Gasteiger partial charge in [-0.3, -0.25) is 10.1 Å². The number of nitro benzene ring substituents is 1. The Kier molecular flexibility index (Phi) is 3.05. The highest BCUT2D eigenvalue weighted by Gasteiger charge is 2.29. The van der Waals surface area contributed by atoms with E-state index in [4.69, 9.17) is 9.26 Å². The zero-order chi connectivity index (χ0) is 14.1. The van der Waals surface area contributed by atoms with Crippen LogP contribution in [0.4, 0.5) is 10.1 Å². The molecule has 0 amide bonds. The summed E-state index contributed by atoms with van der Waals surface area (Å²) < 4.78 is 23.3. The fraction of sp³-hybridized carbons (Fsp3) is 0.333. The predicted molar refractivity (Wildman–Crippen MR) is 63.7 cm³/mol. The van der Waals surface area contributed by atoms with Crippen LogP contribution in [0.15, 0.2) is 22.7 Å². The first kappa shape index (κ1) is 12.5. The Morgan fingerprint density at radius 1 is 1.50 bits per heavy atom. The number of hydrogen-bond acceptors (Lipinski definition) is 6. The van der Waals surface area contributed by atoms with Crippen LogP contribution in [0.1, 0.15) is 30.5 Å². The maximum absolute atomic E-state index is 13.1. The van der Waals surface area contributed by atoms with Crippen LogP contribution in [0.5, 0.6) is 5.75 Å². The van der Waals surface area contributed by atoms with Crippen LogP contribution in [0, 0.1) is 15.9 Å². The van der Waals surface area contributed by atoms with Gasteiger partial charge in [0, 0.05) is 18.1 Å². The molecule has 0 spiro atoms. The number of aromatic nitrogens is 2. The largest absolute Gasteiger partial charge is 0.477 e. The molecule has 0 bridgehead atoms. The first-order valence-electron chi connectivity index (χ1n) is 6.02. The highest BCUT2D eigenvalue weighted by atomic mass is 19.1. The van der Waals surface area contributed by atoms with Gasteiger partial charge >= 0.3 is 5.69 Å². The highest BCUT2D eigenvalue weighted by Crippen LogP contribution is 2.38. The molecule has 1 aliphatic carbocycles. The molecule has 1 fully saturated rings. The summed E-state index contributed by atoms with van der Waals surface area (Å²) in [5, 5.41) is 14.6. The molecule has 0 saturated heterocycles. The van der Waals surface area contributed by atoms with Gasteiger partial charge < -0.3 is 9.26 Å². The molecule has 0 atom stereocenters. The molecule has 1 saturated carbocycles. The summed E-state index contributed by atoms with van der Waals surface area (Å²) in [6.07, 6.45) is 2.07. The van der Waals surface area contributed by atoms with Gasteiger partial charge in [0.25, 0.3) is 5.89 Å². The van der Waals surface area contributed by atoms with Crippen molar-refractivity contribution in [3.05, 3.63) is 45.8 Å². The number of nitrogens with zero attached hydrogens (tertiary/aromatic N) is 3. The Hall–Kier alpha value is -2.51. The summed E-state index contributed by atoms with van der Waals surface area (Å²) in [6, 6.07) is 3.01. The molecule has 0 radical (unpaired) electrons. The maximum Gasteiger partial charge on any atom is 0.311 e. The molecule has 1 aliphatic rings. The smallest absolute Gasteiger partial charge is 0.311 e. The van der Waals surface area contributed by atoms with Crippen LogP contribution >= 0.6 is 0 Å². The van der Waals surface area contributed by atoms with Gasteiger partial charge in [0.1, 0.15) is 5.82 Å². The SMILES string of the molecule is O=[N+]([O-])c1ccc(F)cc1OCc1nc(C2CC2)no1. The van der Waals surface area contributed by atoms with Crippen LogP contribution in [0.3, 0.4) is 0 Å². The second-order valence-corrected chi connectivity index (χ2v) is 4.48. The first-order valence-corrected chi connectivity index (χ1v) is 6.02. The molecule has 1 aromatic carbocycles. The van der Waals surface area contributed by atoms with E-state index in [0.29, 0.717) is 11.7 Å². The predicted octanol–water partition coefficient (Wildman–Crippen LogP) is 2.57. The fourth-order valence-electron chi connectivity index (χ4n) is 1.73. The molecule has 0 aliphatic heterocycles. The van der Waals surface area contributed by atoms with Crippen LogP contribution in [0.2, 0.25) is 0 Å². The lowest BCUT2D eigenvalue weighted by molar-refractivity contribution is -0.386. The number of hydrogen-bond donors (Lipinski definition) is 0. The first-order chi connectivity index (χ1) is 9.63. The van der Waals surface area contributed by atoms with Crippen LogP contribution in [0.25, 0.3) is 0 Å². The third-order valence-corrected chi connectivity index (χ3v) is 2.90. The van der Waals surface area contributed by atoms with E-state index < -0.39 is 10.7 Å². The van der Waals surface area contributed by atoms with E-state index in [1.54, 1.807) is 0 Å². The van der Waals surface area contributed by atoms with Gasteiger partial charge in [-0.25, -0.2) is 4.39 Å². The lowest BCUT2D eigenvalue weighted by atomic mass is 10.3. The van der Waals surface area contributed by atoms with Crippen molar-refractivity contribution in [2.24, 2.45) is 0 Å². The van der Waals surface area contributed by atoms with Gasteiger partial charge in [0.05, 0.1) is 4.92 Å². The lowest BCUT2D eigenvalue weighted by Gasteiger charge is -2.03. The van der Waals surface area contributed by atoms with Crippen molar-refractivity contribution in [2.45, 2.75) is 25.4 Å². The molecule has 104 valence electrons. The Labute approximate surface area is 112 Å². The number of benzene rings is 1. The van der Waals surface area contributed by atoms with Crippen molar-refractivity contribution >= 4 is 5.69 Å².